The van der Waals surface area contributed by atoms with Crippen molar-refractivity contribution >= 4 is 21.9 Å². The van der Waals surface area contributed by atoms with E-state index in [2.05, 4.69) is 9.88 Å². The largest absolute Gasteiger partial charge is 0.490 e. The second kappa shape index (κ2) is 8.98. The van der Waals surface area contributed by atoms with E-state index in [1.54, 1.807) is 24.4 Å². The highest BCUT2D eigenvalue weighted by molar-refractivity contribution is 5.97. The molecule has 8 nitrogen and oxygen atoms in total. The van der Waals surface area contributed by atoms with Crippen molar-refractivity contribution in [2.24, 2.45) is 0 Å². The predicted octanol–water partition coefficient (Wildman–Crippen LogP) is 4.71. The zero-order valence-electron chi connectivity index (χ0n) is 19.5. The van der Waals surface area contributed by atoms with E-state index in [4.69, 9.17) is 18.3 Å². The summed E-state index contributed by atoms with van der Waals surface area (Å²) in [6.45, 7) is 3.77. The smallest absolute Gasteiger partial charge is 0.344 e. The van der Waals surface area contributed by atoms with Crippen LogP contribution in [0.15, 0.2) is 85.3 Å². The maximum Gasteiger partial charge on any atom is 0.344 e. The number of benzene rings is 2. The van der Waals surface area contributed by atoms with E-state index < -0.39 is 11.3 Å². The van der Waals surface area contributed by atoms with Gasteiger partial charge in [-0.2, -0.15) is 0 Å². The number of hydrogen-bond donors (Lipinski definition) is 0. The Morgan fingerprint density at radius 3 is 2.72 bits per heavy atom. The molecule has 0 unspecified atom stereocenters. The van der Waals surface area contributed by atoms with Gasteiger partial charge in [-0.05, 0) is 43.3 Å². The van der Waals surface area contributed by atoms with Gasteiger partial charge in [0, 0.05) is 41.7 Å². The standard InChI is InChI=1S/C28H22N2O6/c1-2-33-24-8-5-6-17-12-21(28(32)36-26(17)24)20-13-25(31)35-27-19(20)9-10-23-22(27)15-30(16-34-23)14-18-7-3-4-11-29-18/h3-13H,2,14-16H2,1H3. The number of aromatic nitrogens is 1. The highest BCUT2D eigenvalue weighted by Crippen LogP contribution is 2.36. The lowest BCUT2D eigenvalue weighted by atomic mass is 9.99. The van der Waals surface area contributed by atoms with E-state index in [1.807, 2.05) is 43.3 Å². The summed E-state index contributed by atoms with van der Waals surface area (Å²) in [5.41, 5.74) is 2.02. The number of nitrogens with zero attached hydrogens (tertiary/aromatic N) is 2. The van der Waals surface area contributed by atoms with Crippen LogP contribution in [0.4, 0.5) is 0 Å². The predicted molar refractivity (Wildman–Crippen MR) is 134 cm³/mol. The first-order chi connectivity index (χ1) is 17.6. The summed E-state index contributed by atoms with van der Waals surface area (Å²) in [4.78, 5) is 32.2. The van der Waals surface area contributed by atoms with E-state index in [9.17, 15) is 9.59 Å². The maximum atomic E-state index is 13.1. The third-order valence-corrected chi connectivity index (χ3v) is 6.18. The summed E-state index contributed by atoms with van der Waals surface area (Å²) in [5.74, 6) is 1.14. The first-order valence-electron chi connectivity index (χ1n) is 11.7. The molecule has 1 aliphatic heterocycles. The molecule has 0 aliphatic carbocycles. The van der Waals surface area contributed by atoms with E-state index in [1.165, 1.54) is 6.07 Å². The Bertz CT molecular complexity index is 1710. The van der Waals surface area contributed by atoms with Crippen molar-refractivity contribution in [1.82, 2.24) is 9.88 Å². The second-order valence-corrected chi connectivity index (χ2v) is 8.53. The molecule has 3 aromatic heterocycles. The van der Waals surface area contributed by atoms with Gasteiger partial charge in [0.2, 0.25) is 0 Å². The van der Waals surface area contributed by atoms with Gasteiger partial charge in [-0.1, -0.05) is 18.2 Å². The molecule has 4 heterocycles. The molecule has 8 heteroatoms. The summed E-state index contributed by atoms with van der Waals surface area (Å²) in [6.07, 6.45) is 1.75. The fourth-order valence-electron chi connectivity index (χ4n) is 4.60. The lowest BCUT2D eigenvalue weighted by molar-refractivity contribution is 0.0878. The van der Waals surface area contributed by atoms with Crippen molar-refractivity contribution in [1.29, 1.82) is 0 Å². The third kappa shape index (κ3) is 3.91. The van der Waals surface area contributed by atoms with Crippen LogP contribution in [0, 0.1) is 0 Å². The second-order valence-electron chi connectivity index (χ2n) is 8.53. The average Bonchev–Trinajstić information content (AvgIpc) is 2.89. The molecule has 0 bridgehead atoms. The molecular weight excluding hydrogens is 460 g/mol. The van der Waals surface area contributed by atoms with Gasteiger partial charge in [0.1, 0.15) is 18.1 Å². The number of para-hydroxylation sites is 1. The van der Waals surface area contributed by atoms with Crippen LogP contribution in [0.3, 0.4) is 0 Å². The van der Waals surface area contributed by atoms with Gasteiger partial charge < -0.3 is 18.3 Å². The van der Waals surface area contributed by atoms with Crippen molar-refractivity contribution in [3.8, 4) is 22.6 Å². The Morgan fingerprint density at radius 2 is 1.89 bits per heavy atom. The van der Waals surface area contributed by atoms with Crippen LogP contribution in [-0.2, 0) is 13.1 Å². The normalized spacial score (nSPS) is 13.5. The summed E-state index contributed by atoms with van der Waals surface area (Å²) in [6, 6.07) is 17.9. The number of rotatable bonds is 5. The van der Waals surface area contributed by atoms with Crippen LogP contribution < -0.4 is 20.7 Å². The maximum absolute atomic E-state index is 13.1. The monoisotopic (exact) mass is 482 g/mol. The Kier molecular flexibility index (Phi) is 5.50. The fourth-order valence-corrected chi connectivity index (χ4v) is 4.60. The van der Waals surface area contributed by atoms with Crippen molar-refractivity contribution in [3.05, 3.63) is 99.0 Å². The van der Waals surface area contributed by atoms with Crippen LogP contribution >= 0.6 is 0 Å². The highest BCUT2D eigenvalue weighted by atomic mass is 16.5. The lowest BCUT2D eigenvalue weighted by Crippen LogP contribution is -2.32. The quantitative estimate of drug-likeness (QED) is 0.332. The zero-order valence-corrected chi connectivity index (χ0v) is 19.5. The molecule has 36 heavy (non-hydrogen) atoms. The highest BCUT2D eigenvalue weighted by Gasteiger charge is 2.24. The Morgan fingerprint density at radius 1 is 0.972 bits per heavy atom. The van der Waals surface area contributed by atoms with Crippen molar-refractivity contribution < 1.29 is 18.3 Å². The summed E-state index contributed by atoms with van der Waals surface area (Å²) in [5, 5.41) is 1.32. The Labute approximate surface area is 205 Å². The minimum absolute atomic E-state index is 0.274. The average molecular weight is 482 g/mol. The van der Waals surface area contributed by atoms with Crippen LogP contribution in [0.2, 0.25) is 0 Å². The van der Waals surface area contributed by atoms with Gasteiger partial charge in [-0.15, -0.1) is 0 Å². The molecule has 0 atom stereocenters. The number of fused-ring (bicyclic) bond motifs is 4. The molecule has 0 spiro atoms. The minimum atomic E-state index is -0.563. The van der Waals surface area contributed by atoms with Crippen molar-refractivity contribution in [2.75, 3.05) is 13.3 Å². The van der Waals surface area contributed by atoms with Crippen LogP contribution in [0.5, 0.6) is 11.5 Å². The molecule has 180 valence electrons. The molecule has 0 saturated carbocycles. The first kappa shape index (κ1) is 22.1. The third-order valence-electron chi connectivity index (χ3n) is 6.18. The summed E-state index contributed by atoms with van der Waals surface area (Å²) in [7, 11) is 0. The molecule has 5 aromatic rings. The topological polar surface area (TPSA) is 95.0 Å². The zero-order chi connectivity index (χ0) is 24.6. The van der Waals surface area contributed by atoms with E-state index >= 15 is 0 Å². The van der Waals surface area contributed by atoms with Gasteiger partial charge in [0.05, 0.1) is 23.4 Å². The molecule has 0 amide bonds. The van der Waals surface area contributed by atoms with Crippen molar-refractivity contribution in [2.45, 2.75) is 20.0 Å². The molecule has 0 radical (unpaired) electrons. The molecule has 1 aliphatic rings. The van der Waals surface area contributed by atoms with Gasteiger partial charge in [-0.25, -0.2) is 9.59 Å². The molecule has 0 fully saturated rings. The van der Waals surface area contributed by atoms with Gasteiger partial charge in [-0.3, -0.25) is 9.88 Å². The SMILES string of the molecule is CCOc1cccc2cc(-c3cc(=O)oc4c5c(ccc34)OCN(Cc3ccccn3)C5)c(=O)oc12. The lowest BCUT2D eigenvalue weighted by Gasteiger charge is -2.29. The van der Waals surface area contributed by atoms with Gasteiger partial charge in [0.25, 0.3) is 0 Å². The van der Waals surface area contributed by atoms with E-state index in [0.29, 0.717) is 65.4 Å². The van der Waals surface area contributed by atoms with Crippen LogP contribution in [-0.4, -0.2) is 23.2 Å². The van der Waals surface area contributed by atoms with Gasteiger partial charge >= 0.3 is 11.3 Å². The summed E-state index contributed by atoms with van der Waals surface area (Å²) >= 11 is 0. The van der Waals surface area contributed by atoms with E-state index in [0.717, 1.165) is 11.3 Å². The molecule has 2 aromatic carbocycles. The Hall–Kier alpha value is -4.43. The van der Waals surface area contributed by atoms with Crippen LogP contribution in [0.1, 0.15) is 18.2 Å². The first-order valence-corrected chi connectivity index (χ1v) is 11.7. The Balaban J connectivity index is 1.47. The number of ether oxygens (including phenoxy) is 2. The van der Waals surface area contributed by atoms with Gasteiger partial charge in [0.15, 0.2) is 11.3 Å². The molecular formula is C28H22N2O6. The number of hydrogen-bond acceptors (Lipinski definition) is 8. The van der Waals surface area contributed by atoms with E-state index in [-0.39, 0.29) is 5.56 Å². The summed E-state index contributed by atoms with van der Waals surface area (Å²) < 4.78 is 22.9. The molecule has 6 rings (SSSR count). The molecule has 0 saturated heterocycles. The number of pyridine rings is 1. The van der Waals surface area contributed by atoms with Crippen LogP contribution in [0.25, 0.3) is 33.1 Å². The minimum Gasteiger partial charge on any atom is -0.490 e. The molecule has 0 N–H and O–H groups in total. The fraction of sp³-hybridized carbons (Fsp3) is 0.179. The van der Waals surface area contributed by atoms with Crippen molar-refractivity contribution in [3.63, 3.8) is 0 Å².